The number of hydrogen-bond acceptors (Lipinski definition) is 6. The number of ether oxygens (including phenoxy) is 4. The number of benzene rings is 4. The van der Waals surface area contributed by atoms with Crippen molar-refractivity contribution in [1.29, 1.82) is 0 Å². The Bertz CT molecular complexity index is 2900. The Morgan fingerprint density at radius 2 is 0.458 bits per heavy atom. The summed E-state index contributed by atoms with van der Waals surface area (Å²) in [6.07, 6.45) is 17.0. The number of pyridine rings is 6. The molecule has 0 fully saturated rings. The summed E-state index contributed by atoms with van der Waals surface area (Å²) in [5, 5.41) is 0. The van der Waals surface area contributed by atoms with Gasteiger partial charge in [0.15, 0.2) is 75.8 Å². The van der Waals surface area contributed by atoms with Crippen molar-refractivity contribution >= 4 is 0 Å². The van der Waals surface area contributed by atoms with Gasteiger partial charge in [0, 0.05) is 70.8 Å². The molecule has 10 heteroatoms. The van der Waals surface area contributed by atoms with Crippen LogP contribution in [0.4, 0.5) is 0 Å². The van der Waals surface area contributed by atoms with Crippen molar-refractivity contribution < 1.29 is 37.2 Å². The lowest BCUT2D eigenvalue weighted by atomic mass is 10.1. The lowest BCUT2D eigenvalue weighted by molar-refractivity contribution is -0.688. The van der Waals surface area contributed by atoms with E-state index in [1.807, 2.05) is 84.9 Å². The second-order valence-corrected chi connectivity index (χ2v) is 18.0. The molecule has 19 heterocycles. The summed E-state index contributed by atoms with van der Waals surface area (Å²) in [5.41, 5.74) is 12.8. The summed E-state index contributed by atoms with van der Waals surface area (Å²) in [7, 11) is 0. The smallest absolute Gasteiger partial charge is 0.173 e. The van der Waals surface area contributed by atoms with Crippen LogP contribution in [0.3, 0.4) is 0 Å². The number of hydrogen-bond donors (Lipinski definition) is 0. The summed E-state index contributed by atoms with van der Waals surface area (Å²) >= 11 is 0. The van der Waals surface area contributed by atoms with Crippen LogP contribution in [0.5, 0.6) is 23.0 Å². The van der Waals surface area contributed by atoms with E-state index < -0.39 is 0 Å². The molecule has 10 aromatic rings. The zero-order chi connectivity index (χ0) is 48.3. The highest BCUT2D eigenvalue weighted by atomic mass is 16.5. The standard InChI is InChI=1S/C62H54N6O4/c1-3-55-43-69-59-15-7-47(8-16-59)39-65-31-23-51(24-32-65)53-27-35-67(36-28-53)41-49-11-19-61(20-12-49)71-45-57-5-2-6-58(64-57)46-72-62-21-13-50(14-22-62)42-68-37-29-54(30-38-68)52-25-33-66(34-26-52)40-48-9-17-60(18-10-48)70-44-56(4-1)63-55/h1-38H,39-46H2/q+4. The van der Waals surface area contributed by atoms with Crippen LogP contribution in [0.15, 0.2) is 232 Å². The zero-order valence-electron chi connectivity index (χ0n) is 39.9. The van der Waals surface area contributed by atoms with Crippen molar-refractivity contribution in [3.63, 3.8) is 0 Å². The molecular formula is C62H54N6O4+4. The maximum Gasteiger partial charge on any atom is 0.173 e. The second kappa shape index (κ2) is 21.7. The van der Waals surface area contributed by atoms with E-state index >= 15 is 0 Å². The Hall–Kier alpha value is -9.02. The van der Waals surface area contributed by atoms with Crippen LogP contribution in [0.2, 0.25) is 0 Å². The maximum absolute atomic E-state index is 6.15. The average molecular weight is 947 g/mol. The van der Waals surface area contributed by atoms with E-state index in [-0.39, 0.29) is 0 Å². The first-order chi connectivity index (χ1) is 35.5. The van der Waals surface area contributed by atoms with E-state index in [4.69, 9.17) is 28.9 Å². The predicted molar refractivity (Wildman–Crippen MR) is 273 cm³/mol. The van der Waals surface area contributed by atoms with Gasteiger partial charge in [-0.2, -0.15) is 0 Å². The highest BCUT2D eigenvalue weighted by Crippen LogP contribution is 2.21. The van der Waals surface area contributed by atoms with Crippen molar-refractivity contribution in [2.75, 3.05) is 0 Å². The highest BCUT2D eigenvalue weighted by molar-refractivity contribution is 5.61. The van der Waals surface area contributed by atoms with E-state index in [2.05, 4.69) is 165 Å². The highest BCUT2D eigenvalue weighted by Gasteiger charge is 2.12. The summed E-state index contributed by atoms with van der Waals surface area (Å²) < 4.78 is 33.3. The topological polar surface area (TPSA) is 78.2 Å². The molecule has 352 valence electrons. The van der Waals surface area contributed by atoms with E-state index in [1.54, 1.807) is 0 Å². The van der Waals surface area contributed by atoms with Crippen LogP contribution in [0.25, 0.3) is 22.3 Å². The largest absolute Gasteiger partial charge is 0.487 e. The quantitative estimate of drug-likeness (QED) is 0.141. The Kier molecular flexibility index (Phi) is 13.7. The van der Waals surface area contributed by atoms with Gasteiger partial charge in [-0.05, 0) is 144 Å². The summed E-state index contributed by atoms with van der Waals surface area (Å²) in [5.74, 6) is 3.20. The lowest BCUT2D eigenvalue weighted by Gasteiger charge is -2.09. The zero-order valence-corrected chi connectivity index (χ0v) is 39.9. The van der Waals surface area contributed by atoms with Crippen molar-refractivity contribution in [2.45, 2.75) is 52.6 Å². The minimum Gasteiger partial charge on any atom is -0.487 e. The third kappa shape index (κ3) is 12.0. The molecule has 0 amide bonds. The Balaban J connectivity index is 0.757. The molecular weight excluding hydrogens is 893 g/mol. The van der Waals surface area contributed by atoms with E-state index in [0.29, 0.717) is 26.4 Å². The molecule has 0 spiro atoms. The number of aromatic nitrogens is 6. The monoisotopic (exact) mass is 946 g/mol. The van der Waals surface area contributed by atoms with Gasteiger partial charge in [-0.15, -0.1) is 0 Å². The molecule has 13 aliphatic heterocycles. The van der Waals surface area contributed by atoms with Gasteiger partial charge in [0.1, 0.15) is 49.4 Å². The second-order valence-electron chi connectivity index (χ2n) is 18.0. The normalized spacial score (nSPS) is 13.0. The number of nitrogens with zero attached hydrogens (tertiary/aromatic N) is 6. The van der Waals surface area contributed by atoms with Crippen LogP contribution < -0.4 is 37.2 Å². The van der Waals surface area contributed by atoms with Crippen LogP contribution in [0, 0.1) is 0 Å². The fraction of sp³-hybridized carbons (Fsp3) is 0.129. The third-order valence-electron chi connectivity index (χ3n) is 12.7. The predicted octanol–water partition coefficient (Wildman–Crippen LogP) is 9.78. The molecule has 0 saturated heterocycles. The molecule has 23 rings (SSSR count). The molecule has 20 bridgehead atoms. The Labute approximate surface area is 419 Å². The molecule has 0 aliphatic carbocycles. The van der Waals surface area contributed by atoms with Crippen LogP contribution in [0.1, 0.15) is 45.0 Å². The molecule has 10 nitrogen and oxygen atoms in total. The Morgan fingerprint density at radius 1 is 0.250 bits per heavy atom. The van der Waals surface area contributed by atoms with Crippen LogP contribution in [-0.2, 0) is 52.6 Å². The van der Waals surface area contributed by atoms with Gasteiger partial charge in [-0.3, -0.25) is 9.97 Å². The van der Waals surface area contributed by atoms with Gasteiger partial charge in [0.05, 0.1) is 22.8 Å². The summed E-state index contributed by atoms with van der Waals surface area (Å²) in [6, 6.07) is 62.3. The fourth-order valence-electron chi connectivity index (χ4n) is 8.64. The lowest BCUT2D eigenvalue weighted by Crippen LogP contribution is -2.33. The van der Waals surface area contributed by atoms with E-state index in [0.717, 1.165) is 94.2 Å². The molecule has 13 aliphatic rings. The average Bonchev–Trinajstić information content (AvgIpc) is 3.43. The van der Waals surface area contributed by atoms with Gasteiger partial charge in [0.25, 0.3) is 0 Å². The van der Waals surface area contributed by atoms with E-state index in [1.165, 1.54) is 22.3 Å². The fourth-order valence-corrected chi connectivity index (χ4v) is 8.64. The molecule has 0 saturated carbocycles. The Morgan fingerprint density at radius 3 is 0.667 bits per heavy atom. The first-order valence-corrected chi connectivity index (χ1v) is 24.3. The van der Waals surface area contributed by atoms with Gasteiger partial charge >= 0.3 is 0 Å². The minimum atomic E-state index is 0.366. The van der Waals surface area contributed by atoms with Gasteiger partial charge in [0.2, 0.25) is 0 Å². The summed E-state index contributed by atoms with van der Waals surface area (Å²) in [4.78, 5) is 9.61. The minimum absolute atomic E-state index is 0.366. The van der Waals surface area contributed by atoms with Crippen molar-refractivity contribution in [1.82, 2.24) is 9.97 Å². The van der Waals surface area contributed by atoms with Crippen molar-refractivity contribution in [2.24, 2.45) is 0 Å². The van der Waals surface area contributed by atoms with E-state index in [9.17, 15) is 0 Å². The maximum atomic E-state index is 6.15. The molecule has 0 atom stereocenters. The molecule has 6 aromatic heterocycles. The molecule has 0 N–H and O–H groups in total. The first kappa shape index (κ1) is 45.4. The first-order valence-electron chi connectivity index (χ1n) is 24.3. The molecule has 72 heavy (non-hydrogen) atoms. The van der Waals surface area contributed by atoms with Gasteiger partial charge < -0.3 is 18.9 Å². The van der Waals surface area contributed by atoms with Crippen molar-refractivity contribution in [3.8, 4) is 45.3 Å². The molecule has 0 radical (unpaired) electrons. The molecule has 4 aromatic carbocycles. The van der Waals surface area contributed by atoms with Gasteiger partial charge in [-0.1, -0.05) is 12.1 Å². The summed E-state index contributed by atoms with van der Waals surface area (Å²) in [6.45, 7) is 4.47. The third-order valence-corrected chi connectivity index (χ3v) is 12.7. The van der Waals surface area contributed by atoms with Crippen molar-refractivity contribution in [3.05, 3.63) is 277 Å². The molecule has 0 unspecified atom stereocenters. The van der Waals surface area contributed by atoms with Gasteiger partial charge in [-0.25, -0.2) is 18.3 Å². The van der Waals surface area contributed by atoms with Crippen LogP contribution >= 0.6 is 0 Å². The SMILES string of the molecule is c1cc2nc(c1)COc1ccc(cc1)C[n+]1ccc(cc1)-c1cc[n+](cc1)Cc1ccc(cc1)OCc1cccc(n1)COc1ccc(cc1)C[n+]1ccc(cc1)-c1cc[n+](cc1)Cc1ccc(cc1)OC2. The number of rotatable bonds is 0. The van der Waals surface area contributed by atoms with Crippen LogP contribution in [-0.4, -0.2) is 9.97 Å².